The zero-order valence-electron chi connectivity index (χ0n) is 10.2. The van der Waals surface area contributed by atoms with Crippen LogP contribution >= 0.6 is 0 Å². The lowest BCUT2D eigenvalue weighted by Gasteiger charge is -2.23. The molecule has 1 aliphatic heterocycles. The molecular weight excluding hydrogens is 224 g/mol. The van der Waals surface area contributed by atoms with Crippen molar-refractivity contribution in [2.45, 2.75) is 46.1 Å². The van der Waals surface area contributed by atoms with Crippen molar-refractivity contribution in [2.75, 3.05) is 0 Å². The van der Waals surface area contributed by atoms with E-state index in [1.807, 2.05) is 20.8 Å². The summed E-state index contributed by atoms with van der Waals surface area (Å²) in [5.74, 6) is 0.916. The number of fused-ring (bicyclic) bond motifs is 1. The quantitative estimate of drug-likeness (QED) is 0.803. The van der Waals surface area contributed by atoms with Gasteiger partial charge in [-0.15, -0.1) is 0 Å². The Hall–Kier alpha value is -1.56. The van der Waals surface area contributed by atoms with Gasteiger partial charge in [0, 0.05) is 0 Å². The molecule has 0 atom stereocenters. The Morgan fingerprint density at radius 3 is 2.76 bits per heavy atom. The van der Waals surface area contributed by atoms with Gasteiger partial charge in [0.2, 0.25) is 5.89 Å². The minimum absolute atomic E-state index is 0.223. The van der Waals surface area contributed by atoms with Crippen LogP contribution in [0.2, 0.25) is 0 Å². The number of oxazole rings is 1. The molecule has 2 heterocycles. The van der Waals surface area contributed by atoms with E-state index in [4.69, 9.17) is 14.3 Å². The smallest absolute Gasteiger partial charge is 0.411 e. The number of carbonyl (C=O) groups is 1. The Bertz CT molecular complexity index is 410. The fraction of sp³-hybridized carbons (Fsp3) is 0.636. The van der Waals surface area contributed by atoms with Gasteiger partial charge in [-0.05, 0) is 20.8 Å². The fourth-order valence-corrected chi connectivity index (χ4v) is 1.62. The van der Waals surface area contributed by atoms with Gasteiger partial charge in [-0.25, -0.2) is 9.78 Å². The number of ether oxygens (including phenoxy) is 1. The molecule has 1 amide bonds. The van der Waals surface area contributed by atoms with Gasteiger partial charge in [-0.3, -0.25) is 4.90 Å². The van der Waals surface area contributed by atoms with E-state index in [0.29, 0.717) is 30.4 Å². The van der Waals surface area contributed by atoms with Crippen molar-refractivity contribution >= 4 is 6.09 Å². The van der Waals surface area contributed by atoms with Gasteiger partial charge in [-0.1, -0.05) is 0 Å². The molecule has 1 N–H and O–H groups in total. The molecule has 94 valence electrons. The third-order valence-corrected chi connectivity index (χ3v) is 2.28. The maximum absolute atomic E-state index is 11.8. The summed E-state index contributed by atoms with van der Waals surface area (Å²) in [5.41, 5.74) is 0.185. The number of aromatic nitrogens is 1. The van der Waals surface area contributed by atoms with E-state index in [1.165, 1.54) is 4.90 Å². The summed E-state index contributed by atoms with van der Waals surface area (Å²) in [4.78, 5) is 17.4. The Kier molecular flexibility index (Phi) is 2.82. The second-order valence-electron chi connectivity index (χ2n) is 4.97. The van der Waals surface area contributed by atoms with Crippen LogP contribution in [-0.2, 0) is 24.4 Å². The van der Waals surface area contributed by atoms with Crippen molar-refractivity contribution in [1.29, 1.82) is 0 Å². The van der Waals surface area contributed by atoms with Crippen LogP contribution < -0.4 is 0 Å². The van der Waals surface area contributed by atoms with Gasteiger partial charge in [0.25, 0.3) is 0 Å². The van der Waals surface area contributed by atoms with Gasteiger partial charge in [-0.2, -0.15) is 0 Å². The van der Waals surface area contributed by atoms with Gasteiger partial charge in [0.1, 0.15) is 23.7 Å². The molecule has 1 aromatic rings. The lowest BCUT2D eigenvalue weighted by atomic mass is 10.2. The number of nitrogens with zero attached hydrogens (tertiary/aromatic N) is 2. The molecule has 17 heavy (non-hydrogen) atoms. The molecule has 1 aliphatic rings. The molecule has 0 spiro atoms. The lowest BCUT2D eigenvalue weighted by molar-refractivity contribution is 0.0230. The predicted molar refractivity (Wildman–Crippen MR) is 57.9 cm³/mol. The molecule has 6 heteroatoms. The number of hydrogen-bond donors (Lipinski definition) is 1. The van der Waals surface area contributed by atoms with Crippen LogP contribution in [0, 0.1) is 0 Å². The van der Waals surface area contributed by atoms with Crippen LogP contribution in [0.25, 0.3) is 0 Å². The van der Waals surface area contributed by atoms with Crippen molar-refractivity contribution in [3.05, 3.63) is 17.3 Å². The van der Waals surface area contributed by atoms with Crippen molar-refractivity contribution < 1.29 is 19.1 Å². The summed E-state index contributed by atoms with van der Waals surface area (Å²) >= 11 is 0. The Labute approximate surface area is 99.2 Å². The molecule has 0 fully saturated rings. The summed E-state index contributed by atoms with van der Waals surface area (Å²) in [5, 5.41) is 8.86. The van der Waals surface area contributed by atoms with Crippen LogP contribution in [0.5, 0.6) is 0 Å². The average Bonchev–Trinajstić information content (AvgIpc) is 2.70. The Morgan fingerprint density at radius 1 is 1.53 bits per heavy atom. The molecule has 2 rings (SSSR count). The highest BCUT2D eigenvalue weighted by Gasteiger charge is 2.31. The zero-order chi connectivity index (χ0) is 12.6. The SMILES string of the molecule is CC(C)(C)OC(=O)N1Cc2nc(CO)oc2C1. The minimum atomic E-state index is -0.509. The minimum Gasteiger partial charge on any atom is -0.444 e. The summed E-state index contributed by atoms with van der Waals surface area (Å²) < 4.78 is 10.5. The van der Waals surface area contributed by atoms with E-state index in [-0.39, 0.29) is 12.7 Å². The summed E-state index contributed by atoms with van der Waals surface area (Å²) in [6.45, 7) is 5.95. The number of amides is 1. The lowest BCUT2D eigenvalue weighted by Crippen LogP contribution is -2.33. The Balaban J connectivity index is 2.00. The number of aliphatic hydroxyl groups is 1. The molecule has 0 saturated carbocycles. The average molecular weight is 240 g/mol. The molecule has 0 saturated heterocycles. The molecule has 0 aromatic carbocycles. The summed E-state index contributed by atoms with van der Waals surface area (Å²) in [6, 6.07) is 0. The van der Waals surface area contributed by atoms with Crippen molar-refractivity contribution in [2.24, 2.45) is 0 Å². The maximum atomic E-state index is 11.8. The highest BCUT2D eigenvalue weighted by Crippen LogP contribution is 2.25. The van der Waals surface area contributed by atoms with Gasteiger partial charge < -0.3 is 14.3 Å². The summed E-state index contributed by atoms with van der Waals surface area (Å²) in [7, 11) is 0. The van der Waals surface area contributed by atoms with Crippen molar-refractivity contribution in [1.82, 2.24) is 9.88 Å². The van der Waals surface area contributed by atoms with Crippen LogP contribution in [0.3, 0.4) is 0 Å². The van der Waals surface area contributed by atoms with Crippen LogP contribution in [-0.4, -0.2) is 26.7 Å². The summed E-state index contributed by atoms with van der Waals surface area (Å²) in [6.07, 6.45) is -0.378. The highest BCUT2D eigenvalue weighted by molar-refractivity contribution is 5.68. The molecule has 6 nitrogen and oxygen atoms in total. The van der Waals surface area contributed by atoms with E-state index >= 15 is 0 Å². The van der Waals surface area contributed by atoms with Crippen molar-refractivity contribution in [3.8, 4) is 0 Å². The van der Waals surface area contributed by atoms with Crippen LogP contribution in [0.4, 0.5) is 4.79 Å². The topological polar surface area (TPSA) is 75.8 Å². The number of hydrogen-bond acceptors (Lipinski definition) is 5. The van der Waals surface area contributed by atoms with Crippen LogP contribution in [0.15, 0.2) is 4.42 Å². The third-order valence-electron chi connectivity index (χ3n) is 2.28. The molecule has 0 unspecified atom stereocenters. The largest absolute Gasteiger partial charge is 0.444 e. The monoisotopic (exact) mass is 240 g/mol. The standard InChI is InChI=1S/C11H16N2O4/c1-11(2,3)17-10(15)13-4-7-8(5-13)16-9(6-14)12-7/h14H,4-6H2,1-3H3. The molecule has 1 aromatic heterocycles. The molecule has 0 bridgehead atoms. The second kappa shape index (κ2) is 4.03. The number of rotatable bonds is 1. The molecular formula is C11H16N2O4. The first-order valence-electron chi connectivity index (χ1n) is 5.45. The maximum Gasteiger partial charge on any atom is 0.411 e. The van der Waals surface area contributed by atoms with E-state index in [9.17, 15) is 4.79 Å². The highest BCUT2D eigenvalue weighted by atomic mass is 16.6. The van der Waals surface area contributed by atoms with E-state index in [1.54, 1.807) is 0 Å². The first-order chi connectivity index (χ1) is 7.89. The van der Waals surface area contributed by atoms with Gasteiger partial charge in [0.15, 0.2) is 0 Å². The Morgan fingerprint density at radius 2 is 2.24 bits per heavy atom. The first-order valence-corrected chi connectivity index (χ1v) is 5.45. The normalized spacial score (nSPS) is 14.9. The third kappa shape index (κ3) is 2.58. The van der Waals surface area contributed by atoms with Gasteiger partial charge in [0.05, 0.1) is 13.1 Å². The van der Waals surface area contributed by atoms with E-state index in [0.717, 1.165) is 0 Å². The number of aliphatic hydroxyl groups excluding tert-OH is 1. The van der Waals surface area contributed by atoms with E-state index < -0.39 is 5.60 Å². The fourth-order valence-electron chi connectivity index (χ4n) is 1.62. The predicted octanol–water partition coefficient (Wildman–Crippen LogP) is 1.42. The zero-order valence-corrected chi connectivity index (χ0v) is 10.2. The second-order valence-corrected chi connectivity index (χ2v) is 4.97. The number of carbonyl (C=O) groups excluding carboxylic acids is 1. The van der Waals surface area contributed by atoms with Crippen molar-refractivity contribution in [3.63, 3.8) is 0 Å². The van der Waals surface area contributed by atoms with E-state index in [2.05, 4.69) is 4.98 Å². The molecule has 0 radical (unpaired) electrons. The van der Waals surface area contributed by atoms with Crippen LogP contribution in [0.1, 0.15) is 38.1 Å². The molecule has 0 aliphatic carbocycles. The van der Waals surface area contributed by atoms with Gasteiger partial charge >= 0.3 is 6.09 Å². The first kappa shape index (κ1) is 11.9.